The smallest absolute Gasteiger partial charge is 0.354 e. The highest BCUT2D eigenvalue weighted by atomic mass is 32.1. The molecule has 0 aromatic carbocycles. The molecule has 4 heterocycles. The molecule has 0 aliphatic carbocycles. The van der Waals surface area contributed by atoms with Crippen LogP contribution in [0.25, 0.3) is 10.7 Å². The highest BCUT2D eigenvalue weighted by Crippen LogP contribution is 2.21. The van der Waals surface area contributed by atoms with E-state index < -0.39 is 5.97 Å². The van der Waals surface area contributed by atoms with Crippen LogP contribution in [0.5, 0.6) is 0 Å². The number of hydrogen-bond acceptors (Lipinski definition) is 8. The number of aromatic carboxylic acids is 1. The summed E-state index contributed by atoms with van der Waals surface area (Å²) in [5.74, 6) is 1.07. The van der Waals surface area contributed by atoms with Crippen molar-refractivity contribution in [3.8, 4) is 10.7 Å². The van der Waals surface area contributed by atoms with Crippen molar-refractivity contribution in [2.45, 2.75) is 12.8 Å². The van der Waals surface area contributed by atoms with Gasteiger partial charge in [0.1, 0.15) is 5.82 Å². The molecule has 1 N–H and O–H groups in total. The first-order valence-electron chi connectivity index (χ1n) is 9.23. The number of carboxylic acid groups (broad SMARTS) is 1. The molecule has 3 aromatic rings. The van der Waals surface area contributed by atoms with Gasteiger partial charge >= 0.3 is 5.97 Å². The van der Waals surface area contributed by atoms with Gasteiger partial charge in [0, 0.05) is 32.6 Å². The molecule has 8 nitrogen and oxygen atoms in total. The molecule has 1 fully saturated rings. The molecule has 0 bridgehead atoms. The van der Waals surface area contributed by atoms with E-state index >= 15 is 0 Å². The number of aryl methyl sites for hydroxylation is 1. The Morgan fingerprint density at radius 1 is 1.14 bits per heavy atom. The lowest BCUT2D eigenvalue weighted by molar-refractivity contribution is 0.0690. The van der Waals surface area contributed by atoms with E-state index in [9.17, 15) is 4.79 Å². The first kappa shape index (κ1) is 18.6. The van der Waals surface area contributed by atoms with E-state index in [0.29, 0.717) is 11.7 Å². The zero-order valence-corrected chi connectivity index (χ0v) is 16.1. The fourth-order valence-corrected chi connectivity index (χ4v) is 3.88. The van der Waals surface area contributed by atoms with Crippen LogP contribution in [0.4, 0.5) is 5.82 Å². The monoisotopic (exact) mass is 399 g/mol. The van der Waals surface area contributed by atoms with Gasteiger partial charge in [0.2, 0.25) is 11.7 Å². The lowest BCUT2D eigenvalue weighted by Crippen LogP contribution is -2.47. The molecule has 0 amide bonds. The van der Waals surface area contributed by atoms with Gasteiger partial charge < -0.3 is 14.5 Å². The predicted octanol–water partition coefficient (Wildman–Crippen LogP) is 2.65. The number of carboxylic acids is 1. The molecule has 9 heteroatoms. The number of piperazine rings is 1. The van der Waals surface area contributed by atoms with Gasteiger partial charge in [-0.3, -0.25) is 4.90 Å². The van der Waals surface area contributed by atoms with Gasteiger partial charge in [-0.05, 0) is 36.5 Å². The number of hydrogen-bond donors (Lipinski definition) is 1. The Morgan fingerprint density at radius 2 is 2.00 bits per heavy atom. The topological polar surface area (TPSA) is 95.6 Å². The standard InChI is InChI=1S/C19H21N5O3S/c25-19(26)14-4-1-6-16(20-14)24-11-9-23(10-12-24)8-2-7-17-21-18(22-27-17)15-5-3-13-28-15/h1,3-6,13H,2,7-12H2,(H,25,26). The maximum absolute atomic E-state index is 11.1. The Balaban J connectivity index is 1.23. The summed E-state index contributed by atoms with van der Waals surface area (Å²) in [6.45, 7) is 4.47. The van der Waals surface area contributed by atoms with Crippen molar-refractivity contribution in [2.24, 2.45) is 0 Å². The van der Waals surface area contributed by atoms with E-state index in [-0.39, 0.29) is 5.69 Å². The van der Waals surface area contributed by atoms with Crippen LogP contribution in [0.3, 0.4) is 0 Å². The summed E-state index contributed by atoms with van der Waals surface area (Å²) in [7, 11) is 0. The molecule has 0 atom stereocenters. The van der Waals surface area contributed by atoms with Gasteiger partial charge in [0.15, 0.2) is 5.69 Å². The van der Waals surface area contributed by atoms with E-state index in [0.717, 1.165) is 56.3 Å². The van der Waals surface area contributed by atoms with Crippen LogP contribution in [-0.2, 0) is 6.42 Å². The zero-order valence-electron chi connectivity index (χ0n) is 15.3. The quantitative estimate of drug-likeness (QED) is 0.648. The summed E-state index contributed by atoms with van der Waals surface area (Å²) in [6.07, 6.45) is 1.72. The molecule has 4 rings (SSSR count). The largest absolute Gasteiger partial charge is 0.477 e. The normalized spacial score (nSPS) is 15.1. The minimum Gasteiger partial charge on any atom is -0.477 e. The van der Waals surface area contributed by atoms with Crippen molar-refractivity contribution in [3.05, 3.63) is 47.3 Å². The Bertz CT molecular complexity index is 919. The number of pyridine rings is 1. The summed E-state index contributed by atoms with van der Waals surface area (Å²) in [5.41, 5.74) is 0.0846. The first-order chi connectivity index (χ1) is 13.7. The number of aromatic nitrogens is 3. The third-order valence-corrected chi connectivity index (χ3v) is 5.59. The van der Waals surface area contributed by atoms with Gasteiger partial charge in [-0.25, -0.2) is 9.78 Å². The molecule has 1 aliphatic rings. The second-order valence-corrected chi connectivity index (χ2v) is 7.56. The Hall–Kier alpha value is -2.78. The first-order valence-corrected chi connectivity index (χ1v) is 10.1. The third kappa shape index (κ3) is 4.37. The fourth-order valence-electron chi connectivity index (χ4n) is 3.24. The van der Waals surface area contributed by atoms with Crippen molar-refractivity contribution >= 4 is 23.1 Å². The van der Waals surface area contributed by atoms with Crippen molar-refractivity contribution in [3.63, 3.8) is 0 Å². The second kappa shape index (κ2) is 8.49. The van der Waals surface area contributed by atoms with E-state index in [1.54, 1.807) is 17.4 Å². The van der Waals surface area contributed by atoms with Crippen LogP contribution < -0.4 is 4.90 Å². The molecule has 1 saturated heterocycles. The van der Waals surface area contributed by atoms with Crippen LogP contribution in [0.2, 0.25) is 0 Å². The van der Waals surface area contributed by atoms with Crippen molar-refractivity contribution < 1.29 is 14.4 Å². The molecule has 28 heavy (non-hydrogen) atoms. The van der Waals surface area contributed by atoms with Crippen LogP contribution in [0.1, 0.15) is 22.8 Å². The molecule has 0 unspecified atom stereocenters. The Morgan fingerprint density at radius 3 is 2.75 bits per heavy atom. The highest BCUT2D eigenvalue weighted by Gasteiger charge is 2.19. The average molecular weight is 399 g/mol. The van der Waals surface area contributed by atoms with Gasteiger partial charge in [0.05, 0.1) is 4.88 Å². The second-order valence-electron chi connectivity index (χ2n) is 6.61. The van der Waals surface area contributed by atoms with E-state index in [4.69, 9.17) is 9.63 Å². The molecular formula is C19H21N5O3S. The molecule has 3 aromatic heterocycles. The fraction of sp³-hybridized carbons (Fsp3) is 0.368. The number of nitrogens with zero attached hydrogens (tertiary/aromatic N) is 5. The molecule has 0 spiro atoms. The van der Waals surface area contributed by atoms with E-state index in [1.165, 1.54) is 6.07 Å². The van der Waals surface area contributed by atoms with Gasteiger partial charge in [-0.2, -0.15) is 4.98 Å². The maximum Gasteiger partial charge on any atom is 0.354 e. The molecular weight excluding hydrogens is 378 g/mol. The third-order valence-electron chi connectivity index (χ3n) is 4.72. The lowest BCUT2D eigenvalue weighted by atomic mass is 10.2. The summed E-state index contributed by atoms with van der Waals surface area (Å²) < 4.78 is 5.35. The van der Waals surface area contributed by atoms with Crippen LogP contribution in [0.15, 0.2) is 40.2 Å². The SMILES string of the molecule is O=C(O)c1cccc(N2CCN(CCCc3nc(-c4cccs4)no3)CC2)n1. The molecule has 146 valence electrons. The minimum absolute atomic E-state index is 0.0846. The number of anilines is 1. The average Bonchev–Trinajstić information content (AvgIpc) is 3.40. The summed E-state index contributed by atoms with van der Waals surface area (Å²) in [4.78, 5) is 25.3. The Kier molecular flexibility index (Phi) is 5.63. The zero-order chi connectivity index (χ0) is 19.3. The van der Waals surface area contributed by atoms with Crippen molar-refractivity contribution in [2.75, 3.05) is 37.6 Å². The Labute approximate surface area is 166 Å². The van der Waals surface area contributed by atoms with E-state index in [1.807, 2.05) is 23.6 Å². The minimum atomic E-state index is -0.997. The van der Waals surface area contributed by atoms with Crippen molar-refractivity contribution in [1.29, 1.82) is 0 Å². The van der Waals surface area contributed by atoms with Crippen LogP contribution in [0, 0.1) is 0 Å². The van der Waals surface area contributed by atoms with Gasteiger partial charge in [0.25, 0.3) is 0 Å². The van der Waals surface area contributed by atoms with Crippen LogP contribution in [-0.4, -0.2) is 63.8 Å². The molecule has 0 radical (unpaired) electrons. The predicted molar refractivity (Wildman–Crippen MR) is 106 cm³/mol. The number of thiophene rings is 1. The van der Waals surface area contributed by atoms with Gasteiger partial charge in [-0.15, -0.1) is 11.3 Å². The molecule has 1 aliphatic heterocycles. The highest BCUT2D eigenvalue weighted by molar-refractivity contribution is 7.13. The summed E-state index contributed by atoms with van der Waals surface area (Å²) in [6, 6.07) is 9.09. The molecule has 0 saturated carbocycles. The number of carbonyl (C=O) groups is 1. The van der Waals surface area contributed by atoms with Gasteiger partial charge in [-0.1, -0.05) is 17.3 Å². The summed E-state index contributed by atoms with van der Waals surface area (Å²) in [5, 5.41) is 15.1. The van der Waals surface area contributed by atoms with E-state index in [2.05, 4.69) is 24.9 Å². The maximum atomic E-state index is 11.1. The lowest BCUT2D eigenvalue weighted by Gasteiger charge is -2.35. The van der Waals surface area contributed by atoms with Crippen molar-refractivity contribution in [1.82, 2.24) is 20.0 Å². The number of rotatable bonds is 7. The summed E-state index contributed by atoms with van der Waals surface area (Å²) >= 11 is 1.60. The van der Waals surface area contributed by atoms with Crippen LogP contribution >= 0.6 is 11.3 Å².